The van der Waals surface area contributed by atoms with Crippen molar-refractivity contribution in [1.82, 2.24) is 0 Å². The molecule has 0 unspecified atom stereocenters. The van der Waals surface area contributed by atoms with Gasteiger partial charge in [-0.1, -0.05) is 182 Å². The van der Waals surface area contributed by atoms with Gasteiger partial charge in [-0.15, -0.1) is 0 Å². The maximum Gasteiger partial charge on any atom is 0.0540 e. The summed E-state index contributed by atoms with van der Waals surface area (Å²) < 4.78 is 0. The van der Waals surface area contributed by atoms with Crippen molar-refractivity contribution in [2.24, 2.45) is 0 Å². The van der Waals surface area contributed by atoms with Crippen LogP contribution in [-0.2, 0) is 0 Å². The Labute approximate surface area is 332 Å². The van der Waals surface area contributed by atoms with Crippen LogP contribution in [0, 0.1) is 0 Å². The molecule has 0 aromatic heterocycles. The lowest BCUT2D eigenvalue weighted by Crippen LogP contribution is -2.11. The Kier molecular flexibility index (Phi) is 7.89. The maximum absolute atomic E-state index is 2.42. The first-order valence-electron chi connectivity index (χ1n) is 19.7. The Hall–Kier alpha value is -7.48. The number of fused-ring (bicyclic) bond motifs is 8. The number of hydrogen-bond acceptors (Lipinski definition) is 1. The molecule has 0 saturated heterocycles. The van der Waals surface area contributed by atoms with E-state index in [9.17, 15) is 0 Å². The summed E-state index contributed by atoms with van der Waals surface area (Å²) in [4.78, 5) is 2.42. The van der Waals surface area contributed by atoms with Gasteiger partial charge in [-0.2, -0.15) is 0 Å². The van der Waals surface area contributed by atoms with E-state index in [0.717, 1.165) is 17.1 Å². The van der Waals surface area contributed by atoms with Crippen LogP contribution in [0.3, 0.4) is 0 Å². The highest BCUT2D eigenvalue weighted by molar-refractivity contribution is 6.27. The van der Waals surface area contributed by atoms with Crippen LogP contribution in [0.2, 0.25) is 0 Å². The zero-order valence-corrected chi connectivity index (χ0v) is 31.3. The lowest BCUT2D eigenvalue weighted by atomic mass is 9.91. The molecule has 0 fully saturated rings. The summed E-state index contributed by atoms with van der Waals surface area (Å²) in [5.74, 6) is 0. The van der Waals surface area contributed by atoms with Crippen LogP contribution < -0.4 is 4.90 Å². The average molecular weight is 724 g/mol. The van der Waals surface area contributed by atoms with Gasteiger partial charge in [0.1, 0.15) is 0 Å². The molecular weight excluding hydrogens is 687 g/mol. The topological polar surface area (TPSA) is 3.24 Å². The highest BCUT2D eigenvalue weighted by Crippen LogP contribution is 2.44. The van der Waals surface area contributed by atoms with Crippen molar-refractivity contribution in [3.8, 4) is 33.4 Å². The van der Waals surface area contributed by atoms with E-state index in [0.29, 0.717) is 0 Å². The third-order valence-corrected chi connectivity index (χ3v) is 11.6. The normalized spacial score (nSPS) is 11.5. The highest BCUT2D eigenvalue weighted by Gasteiger charge is 2.19. The number of rotatable bonds is 6. The van der Waals surface area contributed by atoms with E-state index in [1.807, 2.05) is 0 Å². The van der Waals surface area contributed by atoms with E-state index in [2.05, 4.69) is 229 Å². The molecule has 0 radical (unpaired) electrons. The van der Waals surface area contributed by atoms with Crippen LogP contribution in [0.4, 0.5) is 17.1 Å². The van der Waals surface area contributed by atoms with Crippen molar-refractivity contribution in [2.45, 2.75) is 0 Å². The Balaban J connectivity index is 1.08. The summed E-state index contributed by atoms with van der Waals surface area (Å²) in [6, 6.07) is 82.1. The molecule has 0 aliphatic carbocycles. The zero-order valence-electron chi connectivity index (χ0n) is 31.3. The van der Waals surface area contributed by atoms with Gasteiger partial charge in [-0.3, -0.25) is 0 Å². The van der Waals surface area contributed by atoms with Crippen LogP contribution in [0.25, 0.3) is 87.2 Å². The molecule has 0 N–H and O–H groups in total. The second kappa shape index (κ2) is 13.7. The standard InChI is InChI=1S/C56H37N/c1-3-11-38(12-4-1)40-27-31-49(32-28-40)57(50-33-29-45-35-44(24-25-46(45)37-50)39-13-5-2-6-14-39)54-18-10-9-16-51(54)47-30-34-53-48(36-47)26-23-43-22-21-42-20-19-41-15-7-8-17-52(41)55(42)56(43)53/h1-37H. The van der Waals surface area contributed by atoms with Crippen molar-refractivity contribution >= 4 is 70.9 Å². The molecule has 11 aromatic rings. The van der Waals surface area contributed by atoms with Crippen LogP contribution in [0.15, 0.2) is 224 Å². The van der Waals surface area contributed by atoms with E-state index in [-0.39, 0.29) is 0 Å². The summed E-state index contributed by atoms with van der Waals surface area (Å²) in [7, 11) is 0. The third-order valence-electron chi connectivity index (χ3n) is 11.6. The van der Waals surface area contributed by atoms with Gasteiger partial charge in [0, 0.05) is 16.9 Å². The molecule has 266 valence electrons. The predicted octanol–water partition coefficient (Wildman–Crippen LogP) is 15.9. The zero-order chi connectivity index (χ0) is 37.7. The first-order chi connectivity index (χ1) is 28.2. The minimum atomic E-state index is 1.10. The largest absolute Gasteiger partial charge is 0.310 e. The Morgan fingerprint density at radius 2 is 0.719 bits per heavy atom. The highest BCUT2D eigenvalue weighted by atomic mass is 15.1. The number of benzene rings is 11. The molecule has 0 spiro atoms. The molecule has 0 amide bonds. The molecule has 0 aliphatic rings. The van der Waals surface area contributed by atoms with E-state index in [4.69, 9.17) is 0 Å². The average Bonchev–Trinajstić information content (AvgIpc) is 3.29. The maximum atomic E-state index is 2.42. The molecule has 0 saturated carbocycles. The smallest absolute Gasteiger partial charge is 0.0540 e. The monoisotopic (exact) mass is 723 g/mol. The van der Waals surface area contributed by atoms with E-state index in [1.54, 1.807) is 0 Å². The summed E-state index contributed by atoms with van der Waals surface area (Å²) >= 11 is 0. The SMILES string of the molecule is c1ccc(-c2ccc(N(c3ccc4cc(-c5ccccc5)ccc4c3)c3ccccc3-c3ccc4c(ccc5ccc6ccc7ccccc7c6c54)c3)cc2)cc1. The fourth-order valence-electron chi connectivity index (χ4n) is 8.77. The molecule has 0 aliphatic heterocycles. The lowest BCUT2D eigenvalue weighted by molar-refractivity contribution is 1.29. The molecule has 11 rings (SSSR count). The molecule has 0 bridgehead atoms. The van der Waals surface area contributed by atoms with Crippen molar-refractivity contribution in [3.63, 3.8) is 0 Å². The molecule has 1 nitrogen and oxygen atoms in total. The van der Waals surface area contributed by atoms with Gasteiger partial charge in [-0.05, 0) is 124 Å². The fraction of sp³-hybridized carbons (Fsp3) is 0. The van der Waals surface area contributed by atoms with Gasteiger partial charge < -0.3 is 4.90 Å². The van der Waals surface area contributed by atoms with Crippen molar-refractivity contribution in [1.29, 1.82) is 0 Å². The summed E-state index contributed by atoms with van der Waals surface area (Å²) in [6.07, 6.45) is 0. The molecular formula is C56H37N. The number of para-hydroxylation sites is 1. The van der Waals surface area contributed by atoms with Crippen LogP contribution in [0.1, 0.15) is 0 Å². The number of nitrogens with zero attached hydrogens (tertiary/aromatic N) is 1. The molecule has 11 aromatic carbocycles. The second-order valence-electron chi connectivity index (χ2n) is 14.9. The van der Waals surface area contributed by atoms with Gasteiger partial charge in [0.2, 0.25) is 0 Å². The molecule has 57 heavy (non-hydrogen) atoms. The van der Waals surface area contributed by atoms with Gasteiger partial charge >= 0.3 is 0 Å². The predicted molar refractivity (Wildman–Crippen MR) is 245 cm³/mol. The fourth-order valence-corrected chi connectivity index (χ4v) is 8.77. The van der Waals surface area contributed by atoms with E-state index in [1.165, 1.54) is 87.2 Å². The first kappa shape index (κ1) is 32.9. The molecule has 0 heterocycles. The van der Waals surface area contributed by atoms with Crippen molar-refractivity contribution < 1.29 is 0 Å². The minimum Gasteiger partial charge on any atom is -0.310 e. The Morgan fingerprint density at radius 1 is 0.246 bits per heavy atom. The Morgan fingerprint density at radius 3 is 1.47 bits per heavy atom. The summed E-state index contributed by atoms with van der Waals surface area (Å²) in [5.41, 5.74) is 10.6. The summed E-state index contributed by atoms with van der Waals surface area (Å²) in [5, 5.41) is 12.6. The van der Waals surface area contributed by atoms with Gasteiger partial charge in [0.25, 0.3) is 0 Å². The van der Waals surface area contributed by atoms with E-state index < -0.39 is 0 Å². The summed E-state index contributed by atoms with van der Waals surface area (Å²) in [6.45, 7) is 0. The van der Waals surface area contributed by atoms with Crippen molar-refractivity contribution in [3.05, 3.63) is 224 Å². The quantitative estimate of drug-likeness (QED) is 0.154. The lowest BCUT2D eigenvalue weighted by Gasteiger charge is -2.28. The van der Waals surface area contributed by atoms with Gasteiger partial charge in [0.15, 0.2) is 0 Å². The Bertz CT molecular complexity index is 3270. The molecule has 0 atom stereocenters. The van der Waals surface area contributed by atoms with Crippen LogP contribution in [-0.4, -0.2) is 0 Å². The number of hydrogen-bond donors (Lipinski definition) is 0. The second-order valence-corrected chi connectivity index (χ2v) is 14.9. The van der Waals surface area contributed by atoms with Crippen molar-refractivity contribution in [2.75, 3.05) is 4.90 Å². The molecule has 1 heteroatoms. The van der Waals surface area contributed by atoms with Gasteiger partial charge in [0.05, 0.1) is 5.69 Å². The van der Waals surface area contributed by atoms with Crippen LogP contribution >= 0.6 is 0 Å². The third kappa shape index (κ3) is 5.80. The first-order valence-corrected chi connectivity index (χ1v) is 19.7. The van der Waals surface area contributed by atoms with Gasteiger partial charge in [-0.25, -0.2) is 0 Å². The minimum absolute atomic E-state index is 1.10. The van der Waals surface area contributed by atoms with E-state index >= 15 is 0 Å². The number of anilines is 3. The van der Waals surface area contributed by atoms with Crippen LogP contribution in [0.5, 0.6) is 0 Å².